The van der Waals surface area contributed by atoms with Gasteiger partial charge in [0.1, 0.15) is 12.0 Å². The molecule has 1 aliphatic heterocycles. The van der Waals surface area contributed by atoms with Crippen molar-refractivity contribution in [3.05, 3.63) is 35.9 Å². The maximum absolute atomic E-state index is 13.5. The SMILES string of the molecule is CC1(C)[C@@]2(C(=O)N3CC[NH+](Cc4ccccc4)CC3)CC[C@@]1(C)C(=O)C2=O. The second-order valence-corrected chi connectivity index (χ2v) is 9.23. The first-order valence-electron chi connectivity index (χ1n) is 10.0. The molecule has 0 spiro atoms. The number of benzene rings is 1. The number of carbonyl (C=O) groups excluding carboxylic acids is 3. The monoisotopic (exact) mass is 369 g/mol. The summed E-state index contributed by atoms with van der Waals surface area (Å²) in [6.07, 6.45) is 1.15. The Balaban J connectivity index is 1.48. The number of quaternary nitrogens is 1. The number of fused-ring (bicyclic) bond motifs is 2. The van der Waals surface area contributed by atoms with Gasteiger partial charge in [-0.1, -0.05) is 51.1 Å². The van der Waals surface area contributed by atoms with Gasteiger partial charge in [0.2, 0.25) is 17.5 Å². The van der Waals surface area contributed by atoms with Gasteiger partial charge in [0.15, 0.2) is 0 Å². The van der Waals surface area contributed by atoms with E-state index in [-0.39, 0.29) is 11.7 Å². The lowest BCUT2D eigenvalue weighted by atomic mass is 9.64. The molecule has 27 heavy (non-hydrogen) atoms. The Morgan fingerprint density at radius 3 is 2.19 bits per heavy atom. The van der Waals surface area contributed by atoms with E-state index in [0.717, 1.165) is 19.6 Å². The van der Waals surface area contributed by atoms with Crippen molar-refractivity contribution in [1.82, 2.24) is 4.90 Å². The van der Waals surface area contributed by atoms with Crippen molar-refractivity contribution >= 4 is 17.5 Å². The molecule has 1 N–H and O–H groups in total. The van der Waals surface area contributed by atoms with Crippen LogP contribution in [0.5, 0.6) is 0 Å². The van der Waals surface area contributed by atoms with E-state index in [1.807, 2.05) is 31.7 Å². The number of piperazine rings is 1. The molecule has 3 aliphatic rings. The molecule has 0 aromatic heterocycles. The van der Waals surface area contributed by atoms with Crippen LogP contribution < -0.4 is 4.90 Å². The Labute approximate surface area is 160 Å². The molecular weight excluding hydrogens is 340 g/mol. The highest BCUT2D eigenvalue weighted by atomic mass is 16.2. The number of amides is 1. The van der Waals surface area contributed by atoms with E-state index >= 15 is 0 Å². The zero-order chi connectivity index (χ0) is 19.4. The van der Waals surface area contributed by atoms with E-state index in [9.17, 15) is 14.4 Å². The van der Waals surface area contributed by atoms with Gasteiger partial charge in [-0.25, -0.2) is 0 Å². The van der Waals surface area contributed by atoms with Crippen molar-refractivity contribution in [3.8, 4) is 0 Å². The third-order valence-corrected chi connectivity index (χ3v) is 7.96. The summed E-state index contributed by atoms with van der Waals surface area (Å²) in [7, 11) is 0. The lowest BCUT2D eigenvalue weighted by Crippen LogP contribution is -3.13. The summed E-state index contributed by atoms with van der Waals surface area (Å²) in [5, 5.41) is 0. The average Bonchev–Trinajstić information content (AvgIpc) is 2.94. The minimum absolute atomic E-state index is 0.106. The molecule has 3 fully saturated rings. The van der Waals surface area contributed by atoms with Gasteiger partial charge in [0.05, 0.1) is 26.2 Å². The third-order valence-electron chi connectivity index (χ3n) is 7.96. The molecule has 1 amide bonds. The highest BCUT2D eigenvalue weighted by Gasteiger charge is 2.78. The molecule has 5 heteroatoms. The van der Waals surface area contributed by atoms with E-state index in [4.69, 9.17) is 0 Å². The fraction of sp³-hybridized carbons (Fsp3) is 0.591. The van der Waals surface area contributed by atoms with Gasteiger partial charge in [0.25, 0.3) is 0 Å². The first-order valence-corrected chi connectivity index (χ1v) is 10.0. The summed E-state index contributed by atoms with van der Waals surface area (Å²) in [4.78, 5) is 42.3. The largest absolute Gasteiger partial charge is 0.331 e. The van der Waals surface area contributed by atoms with E-state index in [1.54, 1.807) is 0 Å². The van der Waals surface area contributed by atoms with Crippen molar-refractivity contribution in [2.45, 2.75) is 40.2 Å². The van der Waals surface area contributed by atoms with Gasteiger partial charge in [-0.3, -0.25) is 14.4 Å². The summed E-state index contributed by atoms with van der Waals surface area (Å²) in [6.45, 7) is 9.75. The van der Waals surface area contributed by atoms with Crippen LogP contribution in [0, 0.1) is 16.2 Å². The van der Waals surface area contributed by atoms with Gasteiger partial charge in [-0.15, -0.1) is 0 Å². The van der Waals surface area contributed by atoms with Crippen LogP contribution in [0.1, 0.15) is 39.2 Å². The predicted octanol–water partition coefficient (Wildman–Crippen LogP) is 0.878. The smallest absolute Gasteiger partial charge is 0.237 e. The Hall–Kier alpha value is -2.01. The van der Waals surface area contributed by atoms with Crippen LogP contribution >= 0.6 is 0 Å². The highest BCUT2D eigenvalue weighted by molar-refractivity contribution is 6.48. The Morgan fingerprint density at radius 2 is 1.63 bits per heavy atom. The second-order valence-electron chi connectivity index (χ2n) is 9.23. The normalized spacial score (nSPS) is 32.9. The van der Waals surface area contributed by atoms with Crippen molar-refractivity contribution in [2.75, 3.05) is 26.2 Å². The molecule has 0 unspecified atom stereocenters. The molecule has 2 saturated carbocycles. The van der Waals surface area contributed by atoms with E-state index in [1.165, 1.54) is 10.5 Å². The first-order chi connectivity index (χ1) is 12.7. The standard InChI is InChI=1S/C22H28N2O3/c1-20(2)21(3)9-10-22(20,18(26)17(21)25)19(27)24-13-11-23(12-14-24)15-16-7-5-4-6-8-16/h4-8H,9-15H2,1-3H3/p+1/t21-,22-/m0/s1. The number of hydrogen-bond donors (Lipinski definition) is 1. The zero-order valence-corrected chi connectivity index (χ0v) is 16.5. The van der Waals surface area contributed by atoms with Crippen LogP contribution in [0.2, 0.25) is 0 Å². The van der Waals surface area contributed by atoms with Crippen LogP contribution in [0.25, 0.3) is 0 Å². The number of Topliss-reactive ketones (excluding diaryl/α,β-unsaturated/α-hetero) is 2. The van der Waals surface area contributed by atoms with Crippen LogP contribution in [-0.4, -0.2) is 48.6 Å². The second kappa shape index (κ2) is 5.99. The molecule has 2 atom stereocenters. The highest BCUT2D eigenvalue weighted by Crippen LogP contribution is 2.69. The van der Waals surface area contributed by atoms with Gasteiger partial charge in [-0.2, -0.15) is 0 Å². The number of hydrogen-bond acceptors (Lipinski definition) is 3. The summed E-state index contributed by atoms with van der Waals surface area (Å²) in [5.41, 5.74) is -1.15. The van der Waals surface area contributed by atoms with Crippen molar-refractivity contribution in [1.29, 1.82) is 0 Å². The third kappa shape index (κ3) is 2.30. The molecule has 4 rings (SSSR count). The molecule has 2 aliphatic carbocycles. The van der Waals surface area contributed by atoms with Crippen molar-refractivity contribution in [2.24, 2.45) is 16.2 Å². The fourth-order valence-corrected chi connectivity index (χ4v) is 5.60. The van der Waals surface area contributed by atoms with Gasteiger partial charge < -0.3 is 9.80 Å². The van der Waals surface area contributed by atoms with Crippen LogP contribution in [-0.2, 0) is 20.9 Å². The predicted molar refractivity (Wildman–Crippen MR) is 101 cm³/mol. The number of ketones is 2. The lowest BCUT2D eigenvalue weighted by Gasteiger charge is -2.41. The Kier molecular flexibility index (Phi) is 4.08. The summed E-state index contributed by atoms with van der Waals surface area (Å²) in [6, 6.07) is 10.4. The van der Waals surface area contributed by atoms with Crippen LogP contribution in [0.3, 0.4) is 0 Å². The zero-order valence-electron chi connectivity index (χ0n) is 16.5. The topological polar surface area (TPSA) is 58.9 Å². The Morgan fingerprint density at radius 1 is 1.00 bits per heavy atom. The van der Waals surface area contributed by atoms with Crippen molar-refractivity contribution < 1.29 is 19.3 Å². The van der Waals surface area contributed by atoms with Crippen molar-refractivity contribution in [3.63, 3.8) is 0 Å². The maximum atomic E-state index is 13.5. The fourth-order valence-electron chi connectivity index (χ4n) is 5.60. The number of nitrogens with one attached hydrogen (secondary N) is 1. The molecular formula is C22H29N2O3+. The van der Waals surface area contributed by atoms with Gasteiger partial charge in [-0.05, 0) is 18.3 Å². The number of nitrogens with zero attached hydrogens (tertiary/aromatic N) is 1. The minimum Gasteiger partial charge on any atom is -0.331 e. The average molecular weight is 369 g/mol. The summed E-state index contributed by atoms with van der Waals surface area (Å²) >= 11 is 0. The van der Waals surface area contributed by atoms with Crippen LogP contribution in [0.4, 0.5) is 0 Å². The molecule has 1 aromatic carbocycles. The van der Waals surface area contributed by atoms with Gasteiger partial charge >= 0.3 is 0 Å². The quantitative estimate of drug-likeness (QED) is 0.636. The molecule has 1 heterocycles. The van der Waals surface area contributed by atoms with E-state index < -0.39 is 22.0 Å². The van der Waals surface area contributed by atoms with Crippen LogP contribution in [0.15, 0.2) is 30.3 Å². The summed E-state index contributed by atoms with van der Waals surface area (Å²) in [5.74, 6) is -0.878. The summed E-state index contributed by atoms with van der Waals surface area (Å²) < 4.78 is 0. The number of carbonyl (C=O) groups is 3. The first kappa shape index (κ1) is 18.4. The van der Waals surface area contributed by atoms with E-state index in [0.29, 0.717) is 25.9 Å². The van der Waals surface area contributed by atoms with Gasteiger partial charge in [0, 0.05) is 11.0 Å². The number of rotatable bonds is 3. The van der Waals surface area contributed by atoms with E-state index in [2.05, 4.69) is 24.3 Å². The minimum atomic E-state index is -1.14. The molecule has 0 radical (unpaired) electrons. The molecule has 5 nitrogen and oxygen atoms in total. The molecule has 2 bridgehead atoms. The molecule has 1 aromatic rings. The molecule has 144 valence electrons. The Bertz CT molecular complexity index is 795. The molecule has 1 saturated heterocycles. The lowest BCUT2D eigenvalue weighted by molar-refractivity contribution is -0.917. The maximum Gasteiger partial charge on any atom is 0.237 e.